The SMILES string of the molecule is CN(Cc1nc2ccsc2c(=O)[nH]1)[C@@H]1CC(=O)N(Cc2ccccc2)C1=O. The number of hydrogen-bond donors (Lipinski definition) is 1. The third kappa shape index (κ3) is 3.41. The van der Waals surface area contributed by atoms with E-state index >= 15 is 0 Å². The van der Waals surface area contributed by atoms with Gasteiger partial charge in [0.25, 0.3) is 5.56 Å². The average molecular weight is 382 g/mol. The Hall–Kier alpha value is -2.84. The summed E-state index contributed by atoms with van der Waals surface area (Å²) >= 11 is 1.34. The van der Waals surface area contributed by atoms with Gasteiger partial charge >= 0.3 is 0 Å². The number of aromatic nitrogens is 2. The van der Waals surface area contributed by atoms with Gasteiger partial charge in [-0.2, -0.15) is 0 Å². The highest BCUT2D eigenvalue weighted by Gasteiger charge is 2.40. The molecule has 1 aromatic carbocycles. The molecule has 3 heterocycles. The maximum Gasteiger partial charge on any atom is 0.268 e. The van der Waals surface area contributed by atoms with Crippen molar-refractivity contribution in [1.82, 2.24) is 19.8 Å². The number of imide groups is 1. The van der Waals surface area contributed by atoms with Crippen LogP contribution >= 0.6 is 11.3 Å². The Morgan fingerprint density at radius 1 is 1.22 bits per heavy atom. The van der Waals surface area contributed by atoms with E-state index in [0.717, 1.165) is 5.56 Å². The molecule has 3 aromatic rings. The summed E-state index contributed by atoms with van der Waals surface area (Å²) in [6, 6.07) is 10.7. The zero-order chi connectivity index (χ0) is 19.0. The molecule has 138 valence electrons. The molecule has 0 bridgehead atoms. The van der Waals surface area contributed by atoms with E-state index < -0.39 is 6.04 Å². The molecule has 0 unspecified atom stereocenters. The first-order chi connectivity index (χ1) is 13.0. The lowest BCUT2D eigenvalue weighted by Gasteiger charge is -2.22. The Kier molecular flexibility index (Phi) is 4.59. The molecule has 2 aromatic heterocycles. The summed E-state index contributed by atoms with van der Waals surface area (Å²) in [5.74, 6) is 0.0795. The number of hydrogen-bond acceptors (Lipinski definition) is 6. The van der Waals surface area contributed by atoms with Gasteiger partial charge in [0.1, 0.15) is 10.5 Å². The van der Waals surface area contributed by atoms with Gasteiger partial charge < -0.3 is 4.98 Å². The Morgan fingerprint density at radius 3 is 2.78 bits per heavy atom. The smallest absolute Gasteiger partial charge is 0.268 e. The van der Waals surface area contributed by atoms with Gasteiger partial charge in [0, 0.05) is 0 Å². The summed E-state index contributed by atoms with van der Waals surface area (Å²) in [7, 11) is 1.76. The fourth-order valence-electron chi connectivity index (χ4n) is 3.29. The molecule has 1 atom stereocenters. The van der Waals surface area contributed by atoms with Crippen LogP contribution in [0.4, 0.5) is 0 Å². The highest BCUT2D eigenvalue weighted by atomic mass is 32.1. The average Bonchev–Trinajstić information content (AvgIpc) is 3.23. The monoisotopic (exact) mass is 382 g/mol. The normalized spacial score (nSPS) is 17.4. The van der Waals surface area contributed by atoms with Gasteiger partial charge in [0.05, 0.1) is 31.1 Å². The summed E-state index contributed by atoms with van der Waals surface area (Å²) in [5.41, 5.74) is 1.38. The largest absolute Gasteiger partial charge is 0.308 e. The fourth-order valence-corrected chi connectivity index (χ4v) is 4.01. The number of likely N-dealkylation sites (N-methyl/N-ethyl adjacent to an activating group) is 1. The first-order valence-electron chi connectivity index (χ1n) is 8.57. The molecule has 0 radical (unpaired) electrons. The molecular weight excluding hydrogens is 364 g/mol. The molecule has 27 heavy (non-hydrogen) atoms. The van der Waals surface area contributed by atoms with Crippen molar-refractivity contribution in [2.75, 3.05) is 7.05 Å². The van der Waals surface area contributed by atoms with Crippen molar-refractivity contribution in [2.45, 2.75) is 25.6 Å². The van der Waals surface area contributed by atoms with E-state index in [1.807, 2.05) is 35.7 Å². The van der Waals surface area contributed by atoms with Crippen LogP contribution in [0.3, 0.4) is 0 Å². The van der Waals surface area contributed by atoms with Crippen LogP contribution < -0.4 is 5.56 Å². The quantitative estimate of drug-likeness (QED) is 0.680. The van der Waals surface area contributed by atoms with Gasteiger partial charge in [-0.1, -0.05) is 30.3 Å². The lowest BCUT2D eigenvalue weighted by atomic mass is 10.2. The lowest BCUT2D eigenvalue weighted by molar-refractivity contribution is -0.140. The number of benzene rings is 1. The van der Waals surface area contributed by atoms with Crippen LogP contribution in [0, 0.1) is 0 Å². The van der Waals surface area contributed by atoms with Gasteiger partial charge in [0.15, 0.2) is 0 Å². The second kappa shape index (κ2) is 7.05. The number of carbonyl (C=O) groups is 2. The first-order valence-corrected chi connectivity index (χ1v) is 9.45. The van der Waals surface area contributed by atoms with Crippen molar-refractivity contribution in [3.8, 4) is 0 Å². The number of carbonyl (C=O) groups excluding carboxylic acids is 2. The van der Waals surface area contributed by atoms with Crippen molar-refractivity contribution in [3.05, 3.63) is 63.5 Å². The van der Waals surface area contributed by atoms with Gasteiger partial charge in [-0.25, -0.2) is 4.98 Å². The predicted octanol–water partition coefficient (Wildman–Crippen LogP) is 1.74. The van der Waals surface area contributed by atoms with Gasteiger partial charge in [-0.15, -0.1) is 11.3 Å². The zero-order valence-corrected chi connectivity index (χ0v) is 15.5. The van der Waals surface area contributed by atoms with Crippen molar-refractivity contribution >= 4 is 33.4 Å². The van der Waals surface area contributed by atoms with Crippen molar-refractivity contribution < 1.29 is 9.59 Å². The van der Waals surface area contributed by atoms with Crippen LogP contribution in [0.2, 0.25) is 0 Å². The minimum atomic E-state index is -0.551. The minimum absolute atomic E-state index is 0.132. The molecule has 2 amide bonds. The molecule has 0 saturated carbocycles. The second-order valence-electron chi connectivity index (χ2n) is 6.59. The highest BCUT2D eigenvalue weighted by molar-refractivity contribution is 7.17. The van der Waals surface area contributed by atoms with Gasteiger partial charge in [-0.05, 0) is 24.1 Å². The molecule has 0 aliphatic carbocycles. The minimum Gasteiger partial charge on any atom is -0.308 e. The van der Waals surface area contributed by atoms with Gasteiger partial charge in [-0.3, -0.25) is 24.2 Å². The van der Waals surface area contributed by atoms with E-state index in [1.165, 1.54) is 16.2 Å². The number of fused-ring (bicyclic) bond motifs is 1. The third-order valence-electron chi connectivity index (χ3n) is 4.70. The Balaban J connectivity index is 1.50. The molecule has 1 N–H and O–H groups in total. The van der Waals surface area contributed by atoms with Crippen LogP contribution in [0.15, 0.2) is 46.6 Å². The standard InChI is InChI=1S/C19H18N4O3S/c1-22(11-15-20-13-7-8-27-17(13)18(25)21-15)14-9-16(24)23(19(14)26)10-12-5-3-2-4-6-12/h2-8,14H,9-11H2,1H3,(H,20,21,25)/t14-/m1/s1. The molecule has 7 nitrogen and oxygen atoms in total. The van der Waals surface area contributed by atoms with E-state index in [4.69, 9.17) is 0 Å². The summed E-state index contributed by atoms with van der Waals surface area (Å²) in [5, 5.41) is 1.82. The molecule has 1 saturated heterocycles. The molecule has 8 heteroatoms. The summed E-state index contributed by atoms with van der Waals surface area (Å²) in [6.07, 6.45) is 0.132. The summed E-state index contributed by atoms with van der Waals surface area (Å²) in [4.78, 5) is 47.5. The number of nitrogens with one attached hydrogen (secondary N) is 1. The van der Waals surface area contributed by atoms with Crippen LogP contribution in [0.5, 0.6) is 0 Å². The number of likely N-dealkylation sites (tertiary alicyclic amines) is 1. The molecule has 4 rings (SSSR count). The number of nitrogens with zero attached hydrogens (tertiary/aromatic N) is 3. The molecular formula is C19H18N4O3S. The van der Waals surface area contributed by atoms with Crippen molar-refractivity contribution in [1.29, 1.82) is 0 Å². The maximum absolute atomic E-state index is 12.8. The van der Waals surface area contributed by atoms with E-state index in [0.29, 0.717) is 16.0 Å². The number of rotatable bonds is 5. The topological polar surface area (TPSA) is 86.4 Å². The van der Waals surface area contributed by atoms with Crippen LogP contribution in [-0.2, 0) is 22.7 Å². The summed E-state index contributed by atoms with van der Waals surface area (Å²) < 4.78 is 0.586. The summed E-state index contributed by atoms with van der Waals surface area (Å²) in [6.45, 7) is 0.558. The lowest BCUT2D eigenvalue weighted by Crippen LogP contribution is -2.39. The number of aromatic amines is 1. The molecule has 1 aliphatic rings. The van der Waals surface area contributed by atoms with Crippen LogP contribution in [0.25, 0.3) is 10.2 Å². The fraction of sp³-hybridized carbons (Fsp3) is 0.263. The Labute approximate surface area is 159 Å². The van der Waals surface area contributed by atoms with E-state index in [-0.39, 0.29) is 36.9 Å². The Bertz CT molecular complexity index is 1060. The maximum atomic E-state index is 12.8. The van der Waals surface area contributed by atoms with E-state index in [1.54, 1.807) is 18.0 Å². The number of amides is 2. The molecule has 1 aliphatic heterocycles. The second-order valence-corrected chi connectivity index (χ2v) is 7.50. The number of thiophene rings is 1. The van der Waals surface area contributed by atoms with Crippen molar-refractivity contribution in [2.24, 2.45) is 0 Å². The third-order valence-corrected chi connectivity index (χ3v) is 5.60. The van der Waals surface area contributed by atoms with Crippen molar-refractivity contribution in [3.63, 3.8) is 0 Å². The first kappa shape index (κ1) is 17.6. The van der Waals surface area contributed by atoms with Crippen LogP contribution in [-0.4, -0.2) is 44.7 Å². The number of H-pyrrole nitrogens is 1. The highest BCUT2D eigenvalue weighted by Crippen LogP contribution is 2.21. The van der Waals surface area contributed by atoms with E-state index in [2.05, 4.69) is 9.97 Å². The van der Waals surface area contributed by atoms with Crippen LogP contribution in [0.1, 0.15) is 17.8 Å². The van der Waals surface area contributed by atoms with E-state index in [9.17, 15) is 14.4 Å². The molecule has 0 spiro atoms. The molecule has 1 fully saturated rings. The van der Waals surface area contributed by atoms with Gasteiger partial charge in [0.2, 0.25) is 11.8 Å². The zero-order valence-electron chi connectivity index (χ0n) is 14.7. The Morgan fingerprint density at radius 2 is 2.00 bits per heavy atom. The predicted molar refractivity (Wildman–Crippen MR) is 102 cm³/mol.